The van der Waals surface area contributed by atoms with E-state index in [2.05, 4.69) is 24.1 Å². The summed E-state index contributed by atoms with van der Waals surface area (Å²) in [5.41, 5.74) is 6.80. The molecule has 1 unspecified atom stereocenters. The van der Waals surface area contributed by atoms with Crippen molar-refractivity contribution in [3.63, 3.8) is 0 Å². The van der Waals surface area contributed by atoms with Gasteiger partial charge in [0, 0.05) is 18.2 Å². The standard InChI is InChI=1S/C16H21N3O2/c1-11(2)8-13(9-17)18-15(20)14-10-21-16(19-14)12-6-4-3-5-7-12/h3-7,10-11,13H,8-9,17H2,1-2H3,(H,18,20). The molecule has 0 aliphatic heterocycles. The first-order valence-electron chi connectivity index (χ1n) is 7.12. The van der Waals surface area contributed by atoms with E-state index in [9.17, 15) is 4.79 Å². The largest absolute Gasteiger partial charge is 0.444 e. The van der Waals surface area contributed by atoms with E-state index in [4.69, 9.17) is 10.2 Å². The van der Waals surface area contributed by atoms with Crippen LogP contribution in [0.25, 0.3) is 11.5 Å². The lowest BCUT2D eigenvalue weighted by Crippen LogP contribution is -2.41. The van der Waals surface area contributed by atoms with Gasteiger partial charge in [0.25, 0.3) is 5.91 Å². The smallest absolute Gasteiger partial charge is 0.273 e. The quantitative estimate of drug-likeness (QED) is 0.855. The molecule has 112 valence electrons. The van der Waals surface area contributed by atoms with Crippen LogP contribution in [0.15, 0.2) is 41.0 Å². The minimum absolute atomic E-state index is 0.0469. The van der Waals surface area contributed by atoms with Gasteiger partial charge < -0.3 is 15.5 Å². The molecule has 0 spiro atoms. The van der Waals surface area contributed by atoms with Crippen LogP contribution in [0.3, 0.4) is 0 Å². The van der Waals surface area contributed by atoms with Crippen LogP contribution in [0.2, 0.25) is 0 Å². The number of carbonyl (C=O) groups excluding carboxylic acids is 1. The summed E-state index contributed by atoms with van der Waals surface area (Å²) in [5, 5.41) is 2.89. The number of hydrogen-bond acceptors (Lipinski definition) is 4. The number of nitrogens with two attached hydrogens (primary N) is 1. The summed E-state index contributed by atoms with van der Waals surface area (Å²) in [6.45, 7) is 4.60. The van der Waals surface area contributed by atoms with E-state index in [1.807, 2.05) is 30.3 Å². The van der Waals surface area contributed by atoms with E-state index in [-0.39, 0.29) is 17.6 Å². The number of aromatic nitrogens is 1. The van der Waals surface area contributed by atoms with Crippen LogP contribution in [-0.2, 0) is 0 Å². The lowest BCUT2D eigenvalue weighted by atomic mass is 10.0. The normalized spacial score (nSPS) is 12.4. The molecule has 0 bridgehead atoms. The Morgan fingerprint density at radius 1 is 1.33 bits per heavy atom. The van der Waals surface area contributed by atoms with E-state index in [0.717, 1.165) is 12.0 Å². The zero-order chi connectivity index (χ0) is 15.2. The van der Waals surface area contributed by atoms with Gasteiger partial charge in [-0.05, 0) is 24.5 Å². The Hall–Kier alpha value is -2.14. The molecular weight excluding hydrogens is 266 g/mol. The minimum Gasteiger partial charge on any atom is -0.444 e. The fourth-order valence-corrected chi connectivity index (χ4v) is 2.13. The minimum atomic E-state index is -0.253. The molecule has 21 heavy (non-hydrogen) atoms. The van der Waals surface area contributed by atoms with Crippen molar-refractivity contribution >= 4 is 5.91 Å². The Kier molecular flexibility index (Phi) is 5.11. The summed E-state index contributed by atoms with van der Waals surface area (Å²) >= 11 is 0. The molecule has 2 aromatic rings. The van der Waals surface area contributed by atoms with Crippen molar-refractivity contribution in [3.8, 4) is 11.5 Å². The second kappa shape index (κ2) is 7.04. The molecule has 1 heterocycles. The van der Waals surface area contributed by atoms with Crippen LogP contribution < -0.4 is 11.1 Å². The van der Waals surface area contributed by atoms with Gasteiger partial charge in [-0.1, -0.05) is 32.0 Å². The summed E-state index contributed by atoms with van der Waals surface area (Å²) in [4.78, 5) is 16.4. The molecule has 1 aromatic heterocycles. The van der Waals surface area contributed by atoms with Gasteiger partial charge >= 0.3 is 0 Å². The Labute approximate surface area is 124 Å². The number of amides is 1. The van der Waals surface area contributed by atoms with Gasteiger partial charge in [0.1, 0.15) is 6.26 Å². The van der Waals surface area contributed by atoms with Gasteiger partial charge in [-0.3, -0.25) is 4.79 Å². The molecule has 0 aliphatic carbocycles. The second-order valence-corrected chi connectivity index (χ2v) is 5.44. The van der Waals surface area contributed by atoms with Gasteiger partial charge in [-0.15, -0.1) is 0 Å². The number of nitrogens with one attached hydrogen (secondary N) is 1. The molecule has 0 aliphatic rings. The van der Waals surface area contributed by atoms with Crippen molar-refractivity contribution in [2.24, 2.45) is 11.7 Å². The molecule has 3 N–H and O–H groups in total. The molecule has 1 aromatic carbocycles. The fraction of sp³-hybridized carbons (Fsp3) is 0.375. The van der Waals surface area contributed by atoms with E-state index in [0.29, 0.717) is 18.4 Å². The van der Waals surface area contributed by atoms with Crippen molar-refractivity contribution in [1.82, 2.24) is 10.3 Å². The zero-order valence-corrected chi connectivity index (χ0v) is 12.4. The van der Waals surface area contributed by atoms with Gasteiger partial charge in [0.2, 0.25) is 5.89 Å². The predicted octanol–water partition coefficient (Wildman–Crippen LogP) is 2.44. The molecule has 0 saturated heterocycles. The maximum absolute atomic E-state index is 12.2. The lowest BCUT2D eigenvalue weighted by Gasteiger charge is -2.17. The summed E-state index contributed by atoms with van der Waals surface area (Å²) in [6.07, 6.45) is 2.21. The third-order valence-electron chi connectivity index (χ3n) is 3.13. The zero-order valence-electron chi connectivity index (χ0n) is 12.4. The predicted molar refractivity (Wildman–Crippen MR) is 81.7 cm³/mol. The van der Waals surface area contributed by atoms with E-state index in [1.165, 1.54) is 6.26 Å². The molecular formula is C16H21N3O2. The summed E-state index contributed by atoms with van der Waals surface area (Å²) in [7, 11) is 0. The highest BCUT2D eigenvalue weighted by molar-refractivity contribution is 5.92. The topological polar surface area (TPSA) is 81.1 Å². The molecule has 5 heteroatoms. The van der Waals surface area contributed by atoms with Crippen LogP contribution in [0.5, 0.6) is 0 Å². The highest BCUT2D eigenvalue weighted by Crippen LogP contribution is 2.18. The molecule has 1 atom stereocenters. The first kappa shape index (κ1) is 15.3. The highest BCUT2D eigenvalue weighted by Gasteiger charge is 2.17. The summed E-state index contributed by atoms with van der Waals surface area (Å²) in [5.74, 6) is 0.655. The van der Waals surface area contributed by atoms with E-state index < -0.39 is 0 Å². The average molecular weight is 287 g/mol. The molecule has 0 saturated carbocycles. The van der Waals surface area contributed by atoms with Crippen LogP contribution in [0.4, 0.5) is 0 Å². The molecule has 1 amide bonds. The Bertz CT molecular complexity index is 578. The highest BCUT2D eigenvalue weighted by atomic mass is 16.3. The summed E-state index contributed by atoms with van der Waals surface area (Å²) < 4.78 is 5.36. The second-order valence-electron chi connectivity index (χ2n) is 5.44. The van der Waals surface area contributed by atoms with Crippen LogP contribution in [0, 0.1) is 5.92 Å². The van der Waals surface area contributed by atoms with Gasteiger partial charge in [0.15, 0.2) is 5.69 Å². The van der Waals surface area contributed by atoms with Crippen LogP contribution in [-0.4, -0.2) is 23.5 Å². The number of hydrogen-bond donors (Lipinski definition) is 2. The third kappa shape index (κ3) is 4.16. The van der Waals surface area contributed by atoms with Crippen molar-refractivity contribution in [1.29, 1.82) is 0 Å². The monoisotopic (exact) mass is 287 g/mol. The SMILES string of the molecule is CC(C)CC(CN)NC(=O)c1coc(-c2ccccc2)n1. The number of oxazole rings is 1. The van der Waals surface area contributed by atoms with Crippen molar-refractivity contribution in [2.45, 2.75) is 26.3 Å². The number of rotatable bonds is 6. The Morgan fingerprint density at radius 2 is 2.05 bits per heavy atom. The van der Waals surface area contributed by atoms with Crippen LogP contribution in [0.1, 0.15) is 30.8 Å². The first-order chi connectivity index (χ1) is 10.1. The summed E-state index contributed by atoms with van der Waals surface area (Å²) in [6, 6.07) is 9.43. The third-order valence-corrected chi connectivity index (χ3v) is 3.13. The van der Waals surface area contributed by atoms with Gasteiger partial charge in [-0.2, -0.15) is 0 Å². The Morgan fingerprint density at radius 3 is 2.67 bits per heavy atom. The number of carbonyl (C=O) groups is 1. The molecule has 2 rings (SSSR count). The Balaban J connectivity index is 2.05. The number of nitrogens with zero attached hydrogens (tertiary/aromatic N) is 1. The molecule has 5 nitrogen and oxygen atoms in total. The lowest BCUT2D eigenvalue weighted by molar-refractivity contribution is 0.0928. The van der Waals surface area contributed by atoms with Crippen LogP contribution >= 0.6 is 0 Å². The van der Waals surface area contributed by atoms with E-state index in [1.54, 1.807) is 0 Å². The first-order valence-corrected chi connectivity index (χ1v) is 7.12. The number of benzene rings is 1. The van der Waals surface area contributed by atoms with Crippen molar-refractivity contribution in [3.05, 3.63) is 42.3 Å². The molecule has 0 fully saturated rings. The maximum Gasteiger partial charge on any atom is 0.273 e. The van der Waals surface area contributed by atoms with E-state index >= 15 is 0 Å². The average Bonchev–Trinajstić information content (AvgIpc) is 2.97. The van der Waals surface area contributed by atoms with Gasteiger partial charge in [-0.25, -0.2) is 4.98 Å². The fourth-order valence-electron chi connectivity index (χ4n) is 2.13. The van der Waals surface area contributed by atoms with Crippen molar-refractivity contribution in [2.75, 3.05) is 6.54 Å². The van der Waals surface area contributed by atoms with Gasteiger partial charge in [0.05, 0.1) is 0 Å². The molecule has 0 radical (unpaired) electrons. The maximum atomic E-state index is 12.2. The van der Waals surface area contributed by atoms with Crippen molar-refractivity contribution < 1.29 is 9.21 Å².